The molecule has 1 unspecified atom stereocenters. The maximum atomic E-state index is 9.35. The number of anilines is 2. The summed E-state index contributed by atoms with van der Waals surface area (Å²) in [6.45, 7) is 4.98. The summed E-state index contributed by atoms with van der Waals surface area (Å²) in [6.07, 6.45) is 2.77. The second-order valence-electron chi connectivity index (χ2n) is 4.27. The molecule has 0 amide bonds. The molecule has 6 heteroatoms. The molecule has 1 aliphatic rings. The number of morpholine rings is 1. The summed E-state index contributed by atoms with van der Waals surface area (Å²) in [5, 5.41) is 12.5. The standard InChI is InChI=1S/C12H20N4O2/c1-2-4-13-12-14-5-3-11(15-12)16-6-7-18-9-10(16)8-17/h3,5,10,17H,2,4,6-9H2,1H3,(H,13,14,15). The van der Waals surface area contributed by atoms with Gasteiger partial charge in [-0.05, 0) is 12.5 Å². The van der Waals surface area contributed by atoms with Gasteiger partial charge in [0.25, 0.3) is 0 Å². The van der Waals surface area contributed by atoms with Crippen LogP contribution in [-0.2, 0) is 4.74 Å². The second kappa shape index (κ2) is 6.51. The lowest BCUT2D eigenvalue weighted by Gasteiger charge is -2.35. The van der Waals surface area contributed by atoms with Crippen molar-refractivity contribution < 1.29 is 9.84 Å². The van der Waals surface area contributed by atoms with Gasteiger partial charge in [0.15, 0.2) is 0 Å². The molecule has 1 saturated heterocycles. The molecule has 1 atom stereocenters. The Kier molecular flexibility index (Phi) is 4.72. The first-order chi connectivity index (χ1) is 8.85. The van der Waals surface area contributed by atoms with Crippen molar-refractivity contribution in [2.24, 2.45) is 0 Å². The number of aromatic nitrogens is 2. The summed E-state index contributed by atoms with van der Waals surface area (Å²) in [4.78, 5) is 10.7. The Labute approximate surface area is 107 Å². The number of hydrogen-bond acceptors (Lipinski definition) is 6. The zero-order valence-electron chi connectivity index (χ0n) is 10.7. The summed E-state index contributed by atoms with van der Waals surface area (Å²) < 4.78 is 5.36. The molecule has 0 aliphatic carbocycles. The van der Waals surface area contributed by atoms with Gasteiger partial charge in [0.1, 0.15) is 5.82 Å². The average Bonchev–Trinajstić information content (AvgIpc) is 2.45. The maximum absolute atomic E-state index is 9.35. The largest absolute Gasteiger partial charge is 0.394 e. The van der Waals surface area contributed by atoms with Crippen molar-refractivity contribution in [2.45, 2.75) is 19.4 Å². The SMILES string of the molecule is CCCNc1nccc(N2CCOCC2CO)n1. The van der Waals surface area contributed by atoms with E-state index < -0.39 is 0 Å². The highest BCUT2D eigenvalue weighted by atomic mass is 16.5. The van der Waals surface area contributed by atoms with E-state index in [9.17, 15) is 5.11 Å². The van der Waals surface area contributed by atoms with E-state index in [1.165, 1.54) is 0 Å². The lowest BCUT2D eigenvalue weighted by atomic mass is 10.2. The third-order valence-electron chi connectivity index (χ3n) is 2.91. The van der Waals surface area contributed by atoms with E-state index in [4.69, 9.17) is 4.74 Å². The Hall–Kier alpha value is -1.40. The fraction of sp³-hybridized carbons (Fsp3) is 0.667. The molecule has 2 N–H and O–H groups in total. The van der Waals surface area contributed by atoms with Crippen LogP contribution >= 0.6 is 0 Å². The van der Waals surface area contributed by atoms with Crippen LogP contribution in [0.1, 0.15) is 13.3 Å². The molecule has 0 saturated carbocycles. The average molecular weight is 252 g/mol. The van der Waals surface area contributed by atoms with Crippen molar-refractivity contribution in [3.05, 3.63) is 12.3 Å². The molecule has 2 rings (SSSR count). The fourth-order valence-electron chi connectivity index (χ4n) is 1.94. The van der Waals surface area contributed by atoms with Crippen molar-refractivity contribution in [3.8, 4) is 0 Å². The van der Waals surface area contributed by atoms with Crippen LogP contribution < -0.4 is 10.2 Å². The summed E-state index contributed by atoms with van der Waals surface area (Å²) in [6, 6.07) is 1.85. The Morgan fingerprint density at radius 1 is 1.61 bits per heavy atom. The molecular weight excluding hydrogens is 232 g/mol. The topological polar surface area (TPSA) is 70.5 Å². The number of ether oxygens (including phenoxy) is 1. The van der Waals surface area contributed by atoms with Crippen LogP contribution in [0.25, 0.3) is 0 Å². The van der Waals surface area contributed by atoms with Gasteiger partial charge in [-0.25, -0.2) is 4.98 Å². The Bertz CT molecular complexity index is 375. The predicted molar refractivity (Wildman–Crippen MR) is 69.9 cm³/mol. The fourth-order valence-corrected chi connectivity index (χ4v) is 1.94. The van der Waals surface area contributed by atoms with Gasteiger partial charge >= 0.3 is 0 Å². The van der Waals surface area contributed by atoms with Gasteiger partial charge in [0.2, 0.25) is 5.95 Å². The first-order valence-electron chi connectivity index (χ1n) is 6.37. The quantitative estimate of drug-likeness (QED) is 0.795. The molecule has 0 aromatic carbocycles. The van der Waals surface area contributed by atoms with Crippen LogP contribution in [0.5, 0.6) is 0 Å². The molecule has 2 heterocycles. The lowest BCUT2D eigenvalue weighted by Crippen LogP contribution is -2.48. The number of nitrogens with one attached hydrogen (secondary N) is 1. The zero-order chi connectivity index (χ0) is 12.8. The normalized spacial score (nSPS) is 19.9. The number of hydrogen-bond donors (Lipinski definition) is 2. The molecular formula is C12H20N4O2. The number of aliphatic hydroxyl groups excluding tert-OH is 1. The molecule has 1 aromatic heterocycles. The van der Waals surface area contributed by atoms with Crippen LogP contribution in [0.15, 0.2) is 12.3 Å². The van der Waals surface area contributed by atoms with E-state index in [1.54, 1.807) is 6.20 Å². The number of nitrogens with zero attached hydrogens (tertiary/aromatic N) is 3. The van der Waals surface area contributed by atoms with Crippen molar-refractivity contribution in [1.29, 1.82) is 0 Å². The Balaban J connectivity index is 2.10. The minimum absolute atomic E-state index is 0.0207. The summed E-state index contributed by atoms with van der Waals surface area (Å²) in [5.41, 5.74) is 0. The third-order valence-corrected chi connectivity index (χ3v) is 2.91. The van der Waals surface area contributed by atoms with Crippen molar-refractivity contribution in [2.75, 3.05) is 43.1 Å². The Morgan fingerprint density at radius 3 is 3.28 bits per heavy atom. The van der Waals surface area contributed by atoms with Crippen molar-refractivity contribution in [1.82, 2.24) is 9.97 Å². The first-order valence-corrected chi connectivity index (χ1v) is 6.37. The van der Waals surface area contributed by atoms with E-state index in [-0.39, 0.29) is 12.6 Å². The first kappa shape index (κ1) is 13.0. The molecule has 18 heavy (non-hydrogen) atoms. The van der Waals surface area contributed by atoms with Crippen molar-refractivity contribution >= 4 is 11.8 Å². The van der Waals surface area contributed by atoms with Crippen LogP contribution in [0, 0.1) is 0 Å². The highest BCUT2D eigenvalue weighted by Crippen LogP contribution is 2.17. The lowest BCUT2D eigenvalue weighted by molar-refractivity contribution is 0.0723. The minimum atomic E-state index is -0.0207. The predicted octanol–water partition coefficient (Wildman–Crippen LogP) is 0.496. The van der Waals surface area contributed by atoms with Gasteiger partial charge in [-0.1, -0.05) is 6.92 Å². The van der Waals surface area contributed by atoms with Gasteiger partial charge in [0, 0.05) is 19.3 Å². The molecule has 0 radical (unpaired) electrons. The molecule has 6 nitrogen and oxygen atoms in total. The van der Waals surface area contributed by atoms with Crippen LogP contribution in [0.3, 0.4) is 0 Å². The van der Waals surface area contributed by atoms with Crippen molar-refractivity contribution in [3.63, 3.8) is 0 Å². The van der Waals surface area contributed by atoms with Gasteiger partial charge in [0.05, 0.1) is 25.9 Å². The molecule has 1 fully saturated rings. The molecule has 1 aromatic rings. The van der Waals surface area contributed by atoms with E-state index in [1.807, 2.05) is 6.07 Å². The number of aliphatic hydroxyl groups is 1. The molecule has 1 aliphatic heterocycles. The molecule has 0 bridgehead atoms. The summed E-state index contributed by atoms with van der Waals surface area (Å²) in [5.74, 6) is 1.48. The van der Waals surface area contributed by atoms with E-state index in [0.717, 1.165) is 25.3 Å². The smallest absolute Gasteiger partial charge is 0.224 e. The van der Waals surface area contributed by atoms with Gasteiger partial charge in [-0.2, -0.15) is 4.98 Å². The highest BCUT2D eigenvalue weighted by Gasteiger charge is 2.23. The van der Waals surface area contributed by atoms with E-state index >= 15 is 0 Å². The zero-order valence-corrected chi connectivity index (χ0v) is 10.7. The van der Waals surface area contributed by atoms with E-state index in [2.05, 4.69) is 27.1 Å². The molecule has 0 spiro atoms. The summed E-state index contributed by atoms with van der Waals surface area (Å²) >= 11 is 0. The molecule has 100 valence electrons. The summed E-state index contributed by atoms with van der Waals surface area (Å²) in [7, 11) is 0. The monoisotopic (exact) mass is 252 g/mol. The Morgan fingerprint density at radius 2 is 2.50 bits per heavy atom. The van der Waals surface area contributed by atoms with Gasteiger partial charge in [-0.3, -0.25) is 0 Å². The third kappa shape index (κ3) is 3.08. The van der Waals surface area contributed by atoms with Gasteiger partial charge < -0.3 is 20.1 Å². The van der Waals surface area contributed by atoms with Crippen LogP contribution in [0.4, 0.5) is 11.8 Å². The van der Waals surface area contributed by atoms with Crippen LogP contribution in [-0.4, -0.2) is 54.0 Å². The second-order valence-corrected chi connectivity index (χ2v) is 4.27. The maximum Gasteiger partial charge on any atom is 0.224 e. The minimum Gasteiger partial charge on any atom is -0.394 e. The number of rotatable bonds is 5. The van der Waals surface area contributed by atoms with E-state index in [0.29, 0.717) is 19.2 Å². The highest BCUT2D eigenvalue weighted by molar-refractivity contribution is 5.44. The van der Waals surface area contributed by atoms with Gasteiger partial charge in [-0.15, -0.1) is 0 Å². The van der Waals surface area contributed by atoms with Crippen LogP contribution in [0.2, 0.25) is 0 Å².